The van der Waals surface area contributed by atoms with Gasteiger partial charge in [0, 0.05) is 22.9 Å². The highest BCUT2D eigenvalue weighted by Gasteiger charge is 2.35. The highest BCUT2D eigenvalue weighted by molar-refractivity contribution is 9.10. The van der Waals surface area contributed by atoms with Crippen LogP contribution in [0.15, 0.2) is 22.7 Å². The molecule has 0 aromatic heterocycles. The van der Waals surface area contributed by atoms with Crippen LogP contribution in [0.1, 0.15) is 31.9 Å². The molecule has 0 radical (unpaired) electrons. The molecule has 0 bridgehead atoms. The summed E-state index contributed by atoms with van der Waals surface area (Å²) in [5.41, 5.74) is 1.22. The smallest absolute Gasteiger partial charge is 0.326 e. The molecule has 1 aliphatic heterocycles. The molecule has 1 aromatic rings. The molecule has 1 unspecified atom stereocenters. The summed E-state index contributed by atoms with van der Waals surface area (Å²) in [7, 11) is 0. The number of carboxylic acids is 1. The number of hydrogen-bond donors (Lipinski definition) is 2. The van der Waals surface area contributed by atoms with Crippen LogP contribution in [0.5, 0.6) is 0 Å². The van der Waals surface area contributed by atoms with Crippen molar-refractivity contribution >= 4 is 33.7 Å². The third-order valence-corrected chi connectivity index (χ3v) is 4.76. The molecule has 0 spiro atoms. The van der Waals surface area contributed by atoms with Crippen molar-refractivity contribution < 1.29 is 19.5 Å². The minimum atomic E-state index is -1.05. The number of hydrogen-bond acceptors (Lipinski definition) is 3. The molecule has 2 amide bonds. The molecule has 2 N–H and O–H groups in total. The van der Waals surface area contributed by atoms with Gasteiger partial charge in [-0.3, -0.25) is 9.59 Å². The van der Waals surface area contributed by atoms with Crippen molar-refractivity contribution in [3.05, 3.63) is 33.8 Å². The topological polar surface area (TPSA) is 86.7 Å². The molecule has 2 rings (SSSR count). The second-order valence-corrected chi connectivity index (χ2v) is 7.74. The molecule has 1 aliphatic rings. The summed E-state index contributed by atoms with van der Waals surface area (Å²) in [6.45, 7) is 5.27. The average Bonchev–Trinajstić information content (AvgIpc) is 2.50. The van der Waals surface area contributed by atoms with Crippen molar-refractivity contribution in [1.29, 1.82) is 0 Å². The summed E-state index contributed by atoms with van der Waals surface area (Å²) < 4.78 is 0.847. The van der Waals surface area contributed by atoms with Gasteiger partial charge in [-0.25, -0.2) is 4.79 Å². The number of aliphatic carboxylic acids is 1. The zero-order chi connectivity index (χ0) is 18.1. The second-order valence-electron chi connectivity index (χ2n) is 6.89. The lowest BCUT2D eigenvalue weighted by molar-refractivity contribution is -0.151. The standard InChI is InChI=1S/C17H21BrN2O4/c1-17(2,3)16(24)19-8-14(21)20-9-10-5-4-6-12(18)11(10)7-13(20)15(22)23/h4-6,13H,7-9H2,1-3H3,(H,19,24)(H,22,23). The second kappa shape index (κ2) is 6.93. The van der Waals surface area contributed by atoms with Gasteiger partial charge in [0.1, 0.15) is 6.04 Å². The van der Waals surface area contributed by atoms with E-state index in [1.807, 2.05) is 18.2 Å². The first kappa shape index (κ1) is 18.4. The number of amides is 2. The number of carbonyl (C=O) groups is 3. The fraction of sp³-hybridized carbons (Fsp3) is 0.471. The maximum atomic E-state index is 12.5. The van der Waals surface area contributed by atoms with Crippen molar-refractivity contribution in [2.24, 2.45) is 5.41 Å². The monoisotopic (exact) mass is 396 g/mol. The average molecular weight is 397 g/mol. The van der Waals surface area contributed by atoms with Gasteiger partial charge >= 0.3 is 5.97 Å². The molecule has 0 saturated carbocycles. The van der Waals surface area contributed by atoms with Crippen LogP contribution < -0.4 is 5.32 Å². The minimum absolute atomic E-state index is 0.205. The number of rotatable bonds is 3. The fourth-order valence-electron chi connectivity index (χ4n) is 2.58. The van der Waals surface area contributed by atoms with E-state index in [4.69, 9.17) is 0 Å². The maximum Gasteiger partial charge on any atom is 0.326 e. The van der Waals surface area contributed by atoms with Crippen LogP contribution in [0.2, 0.25) is 0 Å². The molecule has 7 heteroatoms. The van der Waals surface area contributed by atoms with Gasteiger partial charge < -0.3 is 15.3 Å². The summed E-state index contributed by atoms with van der Waals surface area (Å²) in [5.74, 6) is -1.69. The van der Waals surface area contributed by atoms with E-state index >= 15 is 0 Å². The van der Waals surface area contributed by atoms with Gasteiger partial charge in [0.25, 0.3) is 0 Å². The number of carboxylic acid groups (broad SMARTS) is 1. The molecule has 1 aromatic carbocycles. The van der Waals surface area contributed by atoms with E-state index in [9.17, 15) is 19.5 Å². The maximum absolute atomic E-state index is 12.5. The Balaban J connectivity index is 2.17. The van der Waals surface area contributed by atoms with Crippen molar-refractivity contribution in [2.75, 3.05) is 6.54 Å². The summed E-state index contributed by atoms with van der Waals surface area (Å²) in [4.78, 5) is 37.3. The van der Waals surface area contributed by atoms with E-state index in [2.05, 4.69) is 21.2 Å². The van der Waals surface area contributed by atoms with Gasteiger partial charge in [-0.1, -0.05) is 48.8 Å². The Morgan fingerprint density at radius 1 is 1.33 bits per heavy atom. The first-order valence-corrected chi connectivity index (χ1v) is 8.47. The zero-order valence-corrected chi connectivity index (χ0v) is 15.5. The number of nitrogens with one attached hydrogen (secondary N) is 1. The molecule has 24 heavy (non-hydrogen) atoms. The highest BCUT2D eigenvalue weighted by Crippen LogP contribution is 2.29. The Labute approximate surface area is 149 Å². The predicted octanol–water partition coefficient (Wildman–Crippen LogP) is 1.95. The summed E-state index contributed by atoms with van der Waals surface area (Å²) in [6.07, 6.45) is 0.241. The Kier molecular flexibility index (Phi) is 5.32. The SMILES string of the molecule is CC(C)(C)C(=O)NCC(=O)N1Cc2cccc(Br)c2CC1C(=O)O. The lowest BCUT2D eigenvalue weighted by Gasteiger charge is -2.35. The van der Waals surface area contributed by atoms with Gasteiger partial charge in [0.15, 0.2) is 0 Å². The van der Waals surface area contributed by atoms with Crippen molar-refractivity contribution in [1.82, 2.24) is 10.2 Å². The highest BCUT2D eigenvalue weighted by atomic mass is 79.9. The van der Waals surface area contributed by atoms with Gasteiger partial charge in [-0.05, 0) is 17.2 Å². The quantitative estimate of drug-likeness (QED) is 0.817. The van der Waals surface area contributed by atoms with Gasteiger partial charge in [0.05, 0.1) is 6.54 Å². The van der Waals surface area contributed by atoms with Crippen LogP contribution in [0.25, 0.3) is 0 Å². The van der Waals surface area contributed by atoms with E-state index < -0.39 is 23.3 Å². The normalized spacial score (nSPS) is 17.2. The van der Waals surface area contributed by atoms with Crippen LogP contribution in [0.4, 0.5) is 0 Å². The summed E-state index contributed by atoms with van der Waals surface area (Å²) >= 11 is 3.43. The molecule has 0 saturated heterocycles. The minimum Gasteiger partial charge on any atom is -0.480 e. The number of benzene rings is 1. The number of nitrogens with zero attached hydrogens (tertiary/aromatic N) is 1. The largest absolute Gasteiger partial charge is 0.480 e. The number of halogens is 1. The molecule has 6 nitrogen and oxygen atoms in total. The number of carbonyl (C=O) groups excluding carboxylic acids is 2. The van der Waals surface area contributed by atoms with Crippen molar-refractivity contribution in [3.63, 3.8) is 0 Å². The predicted molar refractivity (Wildman–Crippen MR) is 92.3 cm³/mol. The van der Waals surface area contributed by atoms with E-state index in [1.54, 1.807) is 20.8 Å². The third kappa shape index (κ3) is 3.95. The van der Waals surface area contributed by atoms with Crippen LogP contribution >= 0.6 is 15.9 Å². The van der Waals surface area contributed by atoms with E-state index in [-0.39, 0.29) is 25.4 Å². The molecular weight excluding hydrogens is 376 g/mol. The van der Waals surface area contributed by atoms with E-state index in [1.165, 1.54) is 4.90 Å². The van der Waals surface area contributed by atoms with E-state index in [0.29, 0.717) is 0 Å². The van der Waals surface area contributed by atoms with Crippen LogP contribution in [-0.2, 0) is 27.3 Å². The number of fused-ring (bicyclic) bond motifs is 1. The van der Waals surface area contributed by atoms with Crippen LogP contribution in [0, 0.1) is 5.41 Å². The first-order valence-electron chi connectivity index (χ1n) is 7.68. The van der Waals surface area contributed by atoms with Crippen molar-refractivity contribution in [2.45, 2.75) is 39.8 Å². The molecular formula is C17H21BrN2O4. The summed E-state index contributed by atoms with van der Waals surface area (Å²) in [5, 5.41) is 12.1. The molecule has 1 heterocycles. The Bertz CT molecular complexity index is 682. The fourth-order valence-corrected chi connectivity index (χ4v) is 3.15. The lowest BCUT2D eigenvalue weighted by Crippen LogP contribution is -2.52. The molecule has 1 atom stereocenters. The first-order chi connectivity index (χ1) is 11.1. The van der Waals surface area contributed by atoms with Gasteiger partial charge in [-0.15, -0.1) is 0 Å². The molecule has 0 fully saturated rings. The van der Waals surface area contributed by atoms with Gasteiger partial charge in [-0.2, -0.15) is 0 Å². The zero-order valence-electron chi connectivity index (χ0n) is 13.9. The Hall–Kier alpha value is -1.89. The summed E-state index contributed by atoms with van der Waals surface area (Å²) in [6, 6.07) is 4.66. The Morgan fingerprint density at radius 2 is 2.00 bits per heavy atom. The Morgan fingerprint density at radius 3 is 2.58 bits per heavy atom. The van der Waals surface area contributed by atoms with Gasteiger partial charge in [0.2, 0.25) is 11.8 Å². The molecule has 0 aliphatic carbocycles. The van der Waals surface area contributed by atoms with Crippen molar-refractivity contribution in [3.8, 4) is 0 Å². The molecule has 130 valence electrons. The van der Waals surface area contributed by atoms with E-state index in [0.717, 1.165) is 15.6 Å². The van der Waals surface area contributed by atoms with Crippen LogP contribution in [-0.4, -0.2) is 40.4 Å². The van der Waals surface area contributed by atoms with Crippen LogP contribution in [0.3, 0.4) is 0 Å². The third-order valence-electron chi connectivity index (χ3n) is 4.02. The lowest BCUT2D eigenvalue weighted by atomic mass is 9.93.